The van der Waals surface area contributed by atoms with Crippen molar-refractivity contribution in [1.82, 2.24) is 0 Å². The number of fused-ring (bicyclic) bond motifs is 4. The van der Waals surface area contributed by atoms with Crippen LogP contribution in [0.4, 0.5) is 17.1 Å². The van der Waals surface area contributed by atoms with Gasteiger partial charge in [-0.3, -0.25) is 0 Å². The zero-order chi connectivity index (χ0) is 39.8. The van der Waals surface area contributed by atoms with Crippen LogP contribution in [0.15, 0.2) is 237 Å². The third-order valence-corrected chi connectivity index (χ3v) is 13.0. The average Bonchev–Trinajstić information content (AvgIpc) is 3.72. The van der Waals surface area contributed by atoms with E-state index in [9.17, 15) is 0 Å². The van der Waals surface area contributed by atoms with Gasteiger partial charge in [0.2, 0.25) is 0 Å². The van der Waals surface area contributed by atoms with Gasteiger partial charge in [-0.15, -0.1) is 11.3 Å². The monoisotopic (exact) mass is 781 g/mol. The lowest BCUT2D eigenvalue weighted by Gasteiger charge is -2.26. The molecule has 60 heavy (non-hydrogen) atoms. The van der Waals surface area contributed by atoms with E-state index in [1.807, 2.05) is 11.3 Å². The number of benzene rings is 10. The maximum absolute atomic E-state index is 2.35. The van der Waals surface area contributed by atoms with Gasteiger partial charge in [0, 0.05) is 37.2 Å². The molecule has 11 aromatic rings. The highest BCUT2D eigenvalue weighted by Crippen LogP contribution is 2.45. The first-order chi connectivity index (χ1) is 29.7. The molecule has 1 heterocycles. The van der Waals surface area contributed by atoms with Gasteiger partial charge in [0.05, 0.1) is 0 Å². The second-order valence-electron chi connectivity index (χ2n) is 15.3. The molecule has 0 amide bonds. The number of thiophene rings is 1. The normalized spacial score (nSPS) is 11.3. The SMILES string of the molecule is c1ccc(-c2ccc(N(c3ccc(-c4cccc(-c5cccc6c5sc5c(-c7ccccc7)cccc56)c4)cc3)c3ccc(-c4cccc5ccccc45)cc3)cc2)cc1. The maximum atomic E-state index is 2.35. The van der Waals surface area contributed by atoms with Gasteiger partial charge in [-0.05, 0) is 109 Å². The van der Waals surface area contributed by atoms with Gasteiger partial charge < -0.3 is 4.90 Å². The van der Waals surface area contributed by atoms with Crippen molar-refractivity contribution in [2.24, 2.45) is 0 Å². The van der Waals surface area contributed by atoms with Gasteiger partial charge in [-0.25, -0.2) is 0 Å². The van der Waals surface area contributed by atoms with Crippen LogP contribution in [0, 0.1) is 0 Å². The minimum Gasteiger partial charge on any atom is -0.311 e. The van der Waals surface area contributed by atoms with Crippen LogP contribution in [-0.2, 0) is 0 Å². The molecular weight excluding hydrogens is 743 g/mol. The third kappa shape index (κ3) is 6.54. The van der Waals surface area contributed by atoms with E-state index >= 15 is 0 Å². The van der Waals surface area contributed by atoms with Crippen LogP contribution >= 0.6 is 11.3 Å². The van der Waals surface area contributed by atoms with E-state index in [1.165, 1.54) is 86.6 Å². The van der Waals surface area contributed by atoms with E-state index in [0.29, 0.717) is 0 Å². The molecule has 0 fully saturated rings. The van der Waals surface area contributed by atoms with Crippen molar-refractivity contribution >= 4 is 59.3 Å². The van der Waals surface area contributed by atoms with Gasteiger partial charge in [0.1, 0.15) is 0 Å². The van der Waals surface area contributed by atoms with E-state index in [0.717, 1.165) is 17.1 Å². The molecule has 1 aromatic heterocycles. The fraction of sp³-hybridized carbons (Fsp3) is 0. The summed E-state index contributed by atoms with van der Waals surface area (Å²) in [7, 11) is 0. The third-order valence-electron chi connectivity index (χ3n) is 11.7. The Bertz CT molecular complexity index is 3270. The molecule has 0 atom stereocenters. The largest absolute Gasteiger partial charge is 0.311 e. The number of rotatable bonds is 8. The summed E-state index contributed by atoms with van der Waals surface area (Å²) in [5.41, 5.74) is 15.6. The van der Waals surface area contributed by atoms with Crippen LogP contribution in [0.3, 0.4) is 0 Å². The lowest BCUT2D eigenvalue weighted by Crippen LogP contribution is -2.09. The Balaban J connectivity index is 0.953. The standard InChI is InChI=1S/C58H39NS/c1-3-13-40(14-4-1)41-27-33-48(34-28-41)59(50-37-31-45(32-38-50)52-22-10-18-43-17-7-8-21-51(43)52)49-35-29-42(30-36-49)46-19-9-20-47(39-46)54-24-12-26-56-55-25-11-23-53(57(55)60-58(54)56)44-15-5-2-6-16-44/h1-39H. The molecule has 282 valence electrons. The zero-order valence-electron chi connectivity index (χ0n) is 32.9. The minimum atomic E-state index is 1.10. The Labute approximate surface area is 354 Å². The number of hydrogen-bond donors (Lipinski definition) is 0. The number of anilines is 3. The first-order valence-corrected chi connectivity index (χ1v) is 21.3. The van der Waals surface area contributed by atoms with Crippen molar-refractivity contribution in [2.45, 2.75) is 0 Å². The lowest BCUT2D eigenvalue weighted by atomic mass is 9.97. The molecule has 0 saturated heterocycles. The number of hydrogen-bond acceptors (Lipinski definition) is 2. The minimum absolute atomic E-state index is 1.10. The van der Waals surface area contributed by atoms with Gasteiger partial charge in [-0.2, -0.15) is 0 Å². The summed E-state index contributed by atoms with van der Waals surface area (Å²) in [6.07, 6.45) is 0. The van der Waals surface area contributed by atoms with Crippen molar-refractivity contribution in [3.63, 3.8) is 0 Å². The molecule has 0 aliphatic carbocycles. The zero-order valence-corrected chi connectivity index (χ0v) is 33.7. The predicted octanol–water partition coefficient (Wildman–Crippen LogP) is 17.0. The summed E-state index contributed by atoms with van der Waals surface area (Å²) in [6.45, 7) is 0. The van der Waals surface area contributed by atoms with E-state index in [4.69, 9.17) is 0 Å². The second kappa shape index (κ2) is 15.3. The van der Waals surface area contributed by atoms with Crippen molar-refractivity contribution in [3.05, 3.63) is 237 Å². The topological polar surface area (TPSA) is 3.24 Å². The van der Waals surface area contributed by atoms with Crippen molar-refractivity contribution < 1.29 is 0 Å². The summed E-state index contributed by atoms with van der Waals surface area (Å²) in [4.78, 5) is 2.35. The molecule has 0 saturated carbocycles. The van der Waals surface area contributed by atoms with Crippen LogP contribution < -0.4 is 4.90 Å². The highest BCUT2D eigenvalue weighted by Gasteiger charge is 2.17. The molecule has 0 radical (unpaired) electrons. The molecule has 0 spiro atoms. The van der Waals surface area contributed by atoms with Crippen LogP contribution in [-0.4, -0.2) is 0 Å². The maximum Gasteiger partial charge on any atom is 0.0462 e. The van der Waals surface area contributed by atoms with E-state index < -0.39 is 0 Å². The smallest absolute Gasteiger partial charge is 0.0462 e. The van der Waals surface area contributed by atoms with E-state index in [2.05, 4.69) is 241 Å². The lowest BCUT2D eigenvalue weighted by molar-refractivity contribution is 1.28. The molecule has 2 heteroatoms. The summed E-state index contributed by atoms with van der Waals surface area (Å²) in [5, 5.41) is 5.13. The molecule has 0 bridgehead atoms. The molecule has 0 aliphatic heterocycles. The molecular formula is C58H39NS. The van der Waals surface area contributed by atoms with Gasteiger partial charge in [-0.1, -0.05) is 194 Å². The Morgan fingerprint density at radius 1 is 0.250 bits per heavy atom. The first kappa shape index (κ1) is 35.6. The fourth-order valence-corrected chi connectivity index (χ4v) is 10.1. The summed E-state index contributed by atoms with van der Waals surface area (Å²) in [5.74, 6) is 0. The van der Waals surface area contributed by atoms with Crippen LogP contribution in [0.1, 0.15) is 0 Å². The van der Waals surface area contributed by atoms with Gasteiger partial charge in [0.15, 0.2) is 0 Å². The molecule has 10 aromatic carbocycles. The summed E-state index contributed by atoms with van der Waals surface area (Å²) < 4.78 is 2.66. The number of nitrogens with zero attached hydrogens (tertiary/aromatic N) is 1. The Kier molecular flexibility index (Phi) is 9.11. The Morgan fingerprint density at radius 3 is 1.27 bits per heavy atom. The van der Waals surface area contributed by atoms with Gasteiger partial charge >= 0.3 is 0 Å². The molecule has 11 rings (SSSR count). The highest BCUT2D eigenvalue weighted by molar-refractivity contribution is 7.26. The second-order valence-corrected chi connectivity index (χ2v) is 16.3. The molecule has 0 N–H and O–H groups in total. The quantitative estimate of drug-likeness (QED) is 0.148. The molecule has 1 nitrogen and oxygen atoms in total. The van der Waals surface area contributed by atoms with E-state index in [1.54, 1.807) is 0 Å². The van der Waals surface area contributed by atoms with Crippen LogP contribution in [0.2, 0.25) is 0 Å². The van der Waals surface area contributed by atoms with Crippen LogP contribution in [0.5, 0.6) is 0 Å². The summed E-state index contributed by atoms with van der Waals surface area (Å²) in [6, 6.07) is 85.9. The van der Waals surface area contributed by atoms with Crippen molar-refractivity contribution in [3.8, 4) is 55.6 Å². The van der Waals surface area contributed by atoms with Crippen LogP contribution in [0.25, 0.3) is 86.6 Å². The Morgan fingerprint density at radius 2 is 0.633 bits per heavy atom. The van der Waals surface area contributed by atoms with Crippen molar-refractivity contribution in [2.75, 3.05) is 4.90 Å². The van der Waals surface area contributed by atoms with E-state index in [-0.39, 0.29) is 0 Å². The Hall–Kier alpha value is -7.52. The predicted molar refractivity (Wildman–Crippen MR) is 259 cm³/mol. The molecule has 0 aliphatic rings. The fourth-order valence-electron chi connectivity index (χ4n) is 8.71. The van der Waals surface area contributed by atoms with Crippen molar-refractivity contribution in [1.29, 1.82) is 0 Å². The molecule has 0 unspecified atom stereocenters. The average molecular weight is 782 g/mol. The van der Waals surface area contributed by atoms with Gasteiger partial charge in [0.25, 0.3) is 0 Å². The summed E-state index contributed by atoms with van der Waals surface area (Å²) >= 11 is 1.90. The highest BCUT2D eigenvalue weighted by atomic mass is 32.1. The first-order valence-electron chi connectivity index (χ1n) is 20.5.